The van der Waals surface area contributed by atoms with Gasteiger partial charge in [-0.25, -0.2) is 4.98 Å². The lowest BCUT2D eigenvalue weighted by Crippen LogP contribution is -2.51. The molecular weight excluding hydrogens is 282 g/mol. The Kier molecular flexibility index (Phi) is 3.98. The molecule has 7 heteroatoms. The largest absolute Gasteiger partial charge is 0.480 e. The van der Waals surface area contributed by atoms with Gasteiger partial charge in [-0.1, -0.05) is 6.92 Å². The highest BCUT2D eigenvalue weighted by Gasteiger charge is 2.34. The molecule has 0 amide bonds. The molecule has 1 saturated carbocycles. The summed E-state index contributed by atoms with van der Waals surface area (Å²) in [6.45, 7) is 2.90. The summed E-state index contributed by atoms with van der Waals surface area (Å²) in [4.78, 5) is 17.2. The zero-order valence-electron chi connectivity index (χ0n) is 12.9. The number of fused-ring (bicyclic) bond motifs is 1. The zero-order chi connectivity index (χ0) is 15.7. The molecule has 0 aromatic carbocycles. The van der Waals surface area contributed by atoms with E-state index in [0.29, 0.717) is 12.1 Å². The third-order valence-electron chi connectivity index (χ3n) is 4.37. The second kappa shape index (κ2) is 5.92. The van der Waals surface area contributed by atoms with Gasteiger partial charge in [0, 0.05) is 31.0 Å². The maximum absolute atomic E-state index is 10.9. The van der Waals surface area contributed by atoms with Gasteiger partial charge >= 0.3 is 5.97 Å². The quantitative estimate of drug-likeness (QED) is 0.837. The third-order valence-corrected chi connectivity index (χ3v) is 4.37. The Morgan fingerprint density at radius 1 is 1.55 bits per heavy atom. The van der Waals surface area contributed by atoms with E-state index in [2.05, 4.69) is 15.4 Å². The highest BCUT2D eigenvalue weighted by Crippen LogP contribution is 2.30. The molecule has 3 rings (SSSR count). The molecule has 22 heavy (non-hydrogen) atoms. The van der Waals surface area contributed by atoms with Crippen molar-refractivity contribution in [2.75, 3.05) is 18.4 Å². The van der Waals surface area contributed by atoms with Crippen molar-refractivity contribution in [2.24, 2.45) is 7.05 Å². The van der Waals surface area contributed by atoms with E-state index >= 15 is 0 Å². The van der Waals surface area contributed by atoms with E-state index in [-0.39, 0.29) is 6.54 Å². The van der Waals surface area contributed by atoms with E-state index in [4.69, 9.17) is 5.11 Å². The smallest absolute Gasteiger partial charge is 0.317 e. The highest BCUT2D eigenvalue weighted by molar-refractivity contribution is 5.88. The fourth-order valence-electron chi connectivity index (χ4n) is 3.07. The Bertz CT molecular complexity index is 678. The molecule has 1 aliphatic rings. The van der Waals surface area contributed by atoms with Crippen LogP contribution in [0, 0.1) is 0 Å². The Labute approximate surface area is 128 Å². The Morgan fingerprint density at radius 3 is 3.00 bits per heavy atom. The number of anilines is 1. The molecule has 2 aromatic rings. The number of aryl methyl sites for hydroxylation is 1. The van der Waals surface area contributed by atoms with E-state index in [1.54, 1.807) is 10.9 Å². The molecule has 2 aromatic heterocycles. The number of nitrogens with one attached hydrogen (secondary N) is 1. The summed E-state index contributed by atoms with van der Waals surface area (Å²) in [6, 6.07) is 2.69. The van der Waals surface area contributed by atoms with Crippen LogP contribution in [0.3, 0.4) is 0 Å². The van der Waals surface area contributed by atoms with E-state index in [0.717, 1.165) is 36.1 Å². The van der Waals surface area contributed by atoms with Crippen LogP contribution in [0.5, 0.6) is 0 Å². The van der Waals surface area contributed by atoms with Gasteiger partial charge in [0.25, 0.3) is 0 Å². The molecule has 0 aliphatic heterocycles. The molecule has 0 unspecified atom stereocenters. The van der Waals surface area contributed by atoms with Gasteiger partial charge in [0.2, 0.25) is 0 Å². The first-order valence-electron chi connectivity index (χ1n) is 7.57. The number of carbonyl (C=O) groups is 1. The van der Waals surface area contributed by atoms with Gasteiger partial charge in [-0.15, -0.1) is 0 Å². The van der Waals surface area contributed by atoms with Crippen LogP contribution < -0.4 is 5.32 Å². The molecule has 0 saturated heterocycles. The van der Waals surface area contributed by atoms with Gasteiger partial charge in [0.1, 0.15) is 0 Å². The van der Waals surface area contributed by atoms with Crippen LogP contribution in [0.1, 0.15) is 19.8 Å². The molecule has 7 nitrogen and oxygen atoms in total. The SMILES string of the molecule is CCN(CC(=O)O)C1CC(Nc2ccnc3c2cnn3C)C1. The number of likely N-dealkylation sites (N-methyl/N-ethyl adjacent to an activating group) is 1. The molecular formula is C15H21N5O2. The molecule has 0 spiro atoms. The summed E-state index contributed by atoms with van der Waals surface area (Å²) in [5.74, 6) is -0.760. The summed E-state index contributed by atoms with van der Waals surface area (Å²) in [6.07, 6.45) is 5.53. The number of aliphatic carboxylic acids is 1. The van der Waals surface area contributed by atoms with E-state index in [1.165, 1.54) is 0 Å². The van der Waals surface area contributed by atoms with E-state index in [1.807, 2.05) is 31.1 Å². The van der Waals surface area contributed by atoms with Crippen molar-refractivity contribution in [3.63, 3.8) is 0 Å². The third kappa shape index (κ3) is 2.76. The van der Waals surface area contributed by atoms with Crippen LogP contribution in [0.4, 0.5) is 5.69 Å². The fourth-order valence-corrected chi connectivity index (χ4v) is 3.07. The maximum Gasteiger partial charge on any atom is 0.317 e. The molecule has 1 fully saturated rings. The number of pyridine rings is 1. The summed E-state index contributed by atoms with van der Waals surface area (Å²) >= 11 is 0. The standard InChI is InChI=1S/C15H21N5O2/c1-3-20(9-14(21)22)11-6-10(7-11)18-13-4-5-16-15-12(13)8-17-19(15)2/h4-5,8,10-11H,3,6-7,9H2,1-2H3,(H,16,18)(H,21,22). The van der Waals surface area contributed by atoms with E-state index < -0.39 is 5.97 Å². The first-order chi connectivity index (χ1) is 10.6. The van der Waals surface area contributed by atoms with Gasteiger partial charge in [0.05, 0.1) is 18.1 Å². The van der Waals surface area contributed by atoms with Crippen molar-refractivity contribution in [3.8, 4) is 0 Å². The monoisotopic (exact) mass is 303 g/mol. The number of rotatable bonds is 6. The average Bonchev–Trinajstić information content (AvgIpc) is 2.82. The van der Waals surface area contributed by atoms with Crippen LogP contribution >= 0.6 is 0 Å². The Morgan fingerprint density at radius 2 is 2.32 bits per heavy atom. The summed E-state index contributed by atoms with van der Waals surface area (Å²) in [7, 11) is 1.88. The Hall–Kier alpha value is -2.15. The van der Waals surface area contributed by atoms with Gasteiger partial charge in [-0.05, 0) is 25.5 Å². The predicted octanol–water partition coefficient (Wildman–Crippen LogP) is 1.32. The first-order valence-corrected chi connectivity index (χ1v) is 7.57. The second-order valence-corrected chi connectivity index (χ2v) is 5.79. The number of aromatic nitrogens is 3. The fraction of sp³-hybridized carbons (Fsp3) is 0.533. The molecule has 2 N–H and O–H groups in total. The normalized spacial score (nSPS) is 21.0. The Balaban J connectivity index is 1.63. The maximum atomic E-state index is 10.9. The lowest BCUT2D eigenvalue weighted by Gasteiger charge is -2.42. The number of carboxylic acids is 1. The van der Waals surface area contributed by atoms with Crippen molar-refractivity contribution >= 4 is 22.7 Å². The number of nitrogens with zero attached hydrogens (tertiary/aromatic N) is 4. The number of hydrogen-bond acceptors (Lipinski definition) is 5. The summed E-state index contributed by atoms with van der Waals surface area (Å²) in [5, 5.41) is 17.7. The lowest BCUT2D eigenvalue weighted by atomic mass is 9.85. The minimum absolute atomic E-state index is 0.121. The number of hydrogen-bond donors (Lipinski definition) is 2. The number of carboxylic acid groups (broad SMARTS) is 1. The summed E-state index contributed by atoms with van der Waals surface area (Å²) < 4.78 is 1.76. The minimum atomic E-state index is -0.760. The van der Waals surface area contributed by atoms with Crippen LogP contribution in [0.2, 0.25) is 0 Å². The molecule has 118 valence electrons. The minimum Gasteiger partial charge on any atom is -0.480 e. The van der Waals surface area contributed by atoms with Crippen molar-refractivity contribution in [1.29, 1.82) is 0 Å². The lowest BCUT2D eigenvalue weighted by molar-refractivity contribution is -0.139. The van der Waals surface area contributed by atoms with Crippen molar-refractivity contribution in [2.45, 2.75) is 31.8 Å². The second-order valence-electron chi connectivity index (χ2n) is 5.79. The highest BCUT2D eigenvalue weighted by atomic mass is 16.4. The molecule has 0 radical (unpaired) electrons. The van der Waals surface area contributed by atoms with Crippen molar-refractivity contribution < 1.29 is 9.90 Å². The molecule has 1 aliphatic carbocycles. The van der Waals surface area contributed by atoms with Crippen LogP contribution in [0.15, 0.2) is 18.5 Å². The molecule has 2 heterocycles. The predicted molar refractivity (Wildman–Crippen MR) is 83.8 cm³/mol. The van der Waals surface area contributed by atoms with Crippen LogP contribution in [-0.2, 0) is 11.8 Å². The average molecular weight is 303 g/mol. The van der Waals surface area contributed by atoms with Crippen molar-refractivity contribution in [3.05, 3.63) is 18.5 Å². The van der Waals surface area contributed by atoms with Gasteiger partial charge in [-0.2, -0.15) is 5.10 Å². The van der Waals surface area contributed by atoms with Crippen LogP contribution in [0.25, 0.3) is 11.0 Å². The van der Waals surface area contributed by atoms with Crippen molar-refractivity contribution in [1.82, 2.24) is 19.7 Å². The van der Waals surface area contributed by atoms with E-state index in [9.17, 15) is 4.79 Å². The van der Waals surface area contributed by atoms with Gasteiger partial charge in [-0.3, -0.25) is 14.4 Å². The van der Waals surface area contributed by atoms with Gasteiger partial charge < -0.3 is 10.4 Å². The topological polar surface area (TPSA) is 83.3 Å². The zero-order valence-corrected chi connectivity index (χ0v) is 12.9. The molecule has 0 bridgehead atoms. The van der Waals surface area contributed by atoms with Crippen LogP contribution in [-0.4, -0.2) is 55.9 Å². The van der Waals surface area contributed by atoms with Gasteiger partial charge in [0.15, 0.2) is 5.65 Å². The molecule has 0 atom stereocenters. The summed E-state index contributed by atoms with van der Waals surface area (Å²) in [5.41, 5.74) is 1.91. The first kappa shape index (κ1) is 14.8.